The molecule has 0 unspecified atom stereocenters. The van der Waals surface area contributed by atoms with Crippen LogP contribution in [0.1, 0.15) is 37.8 Å². The fourth-order valence-corrected chi connectivity index (χ4v) is 1.82. The van der Waals surface area contributed by atoms with Crippen molar-refractivity contribution in [2.75, 3.05) is 6.61 Å². The van der Waals surface area contributed by atoms with Gasteiger partial charge in [0, 0.05) is 6.42 Å². The second-order valence-electron chi connectivity index (χ2n) is 5.64. The Morgan fingerprint density at radius 1 is 1.05 bits per heavy atom. The molecule has 0 aliphatic carbocycles. The van der Waals surface area contributed by atoms with E-state index in [1.165, 1.54) is 0 Å². The summed E-state index contributed by atoms with van der Waals surface area (Å²) in [5, 5.41) is 0. The lowest BCUT2D eigenvalue weighted by Crippen LogP contribution is -2.43. The van der Waals surface area contributed by atoms with Gasteiger partial charge in [-0.3, -0.25) is 20.4 Å². The Balaban J connectivity index is 2.29. The first-order chi connectivity index (χ1) is 9.86. The van der Waals surface area contributed by atoms with Crippen LogP contribution in [0.4, 0.5) is 0 Å². The average Bonchev–Trinajstić information content (AvgIpc) is 2.39. The molecule has 5 nitrogen and oxygen atoms in total. The van der Waals surface area contributed by atoms with Crippen molar-refractivity contribution in [1.29, 1.82) is 0 Å². The lowest BCUT2D eigenvalue weighted by Gasteiger charge is -2.10. The number of rotatable bonds is 6. The van der Waals surface area contributed by atoms with E-state index < -0.39 is 0 Å². The van der Waals surface area contributed by atoms with Crippen LogP contribution < -0.4 is 15.6 Å². The molecule has 0 heterocycles. The van der Waals surface area contributed by atoms with Crippen molar-refractivity contribution in [2.24, 2.45) is 5.92 Å². The van der Waals surface area contributed by atoms with Crippen LogP contribution in [0.5, 0.6) is 5.75 Å². The first kappa shape index (κ1) is 17.0. The van der Waals surface area contributed by atoms with Gasteiger partial charge in [-0.1, -0.05) is 19.9 Å². The van der Waals surface area contributed by atoms with Gasteiger partial charge in [-0.05, 0) is 49.4 Å². The number of amides is 2. The number of nitrogens with one attached hydrogen (secondary N) is 2. The van der Waals surface area contributed by atoms with Crippen LogP contribution in [0, 0.1) is 19.8 Å². The molecule has 0 aliphatic rings. The lowest BCUT2D eigenvalue weighted by molar-refractivity contribution is -0.130. The number of carbonyl (C=O) groups excluding carboxylic acids is 2. The Morgan fingerprint density at radius 3 is 2.19 bits per heavy atom. The number of ether oxygens (including phenoxy) is 1. The average molecular weight is 292 g/mol. The van der Waals surface area contributed by atoms with Gasteiger partial charge in [0.15, 0.2) is 6.61 Å². The first-order valence-electron chi connectivity index (χ1n) is 7.15. The first-order valence-corrected chi connectivity index (χ1v) is 7.15. The SMILES string of the molecule is Cc1cc(C)cc(OCC(=O)NNC(=O)CCC(C)C)c1. The Hall–Kier alpha value is -2.04. The van der Waals surface area contributed by atoms with Crippen LogP contribution >= 0.6 is 0 Å². The molecule has 2 amide bonds. The van der Waals surface area contributed by atoms with E-state index in [-0.39, 0.29) is 18.4 Å². The van der Waals surface area contributed by atoms with Gasteiger partial charge in [0.25, 0.3) is 5.91 Å². The van der Waals surface area contributed by atoms with Crippen molar-refractivity contribution < 1.29 is 14.3 Å². The zero-order valence-electron chi connectivity index (χ0n) is 13.2. The number of hydrazine groups is 1. The van der Waals surface area contributed by atoms with E-state index in [1.807, 2.05) is 45.9 Å². The van der Waals surface area contributed by atoms with Crippen LogP contribution in [-0.4, -0.2) is 18.4 Å². The van der Waals surface area contributed by atoms with Crippen molar-refractivity contribution in [3.8, 4) is 5.75 Å². The summed E-state index contributed by atoms with van der Waals surface area (Å²) in [6.45, 7) is 7.89. The highest BCUT2D eigenvalue weighted by Gasteiger charge is 2.07. The molecule has 0 bridgehead atoms. The minimum atomic E-state index is -0.382. The number of benzene rings is 1. The number of carbonyl (C=O) groups is 2. The lowest BCUT2D eigenvalue weighted by atomic mass is 10.1. The van der Waals surface area contributed by atoms with E-state index in [9.17, 15) is 9.59 Å². The summed E-state index contributed by atoms with van der Waals surface area (Å²) >= 11 is 0. The molecule has 21 heavy (non-hydrogen) atoms. The van der Waals surface area contributed by atoms with Crippen molar-refractivity contribution in [3.05, 3.63) is 29.3 Å². The van der Waals surface area contributed by atoms with Gasteiger partial charge >= 0.3 is 0 Å². The maximum Gasteiger partial charge on any atom is 0.276 e. The number of hydrogen-bond donors (Lipinski definition) is 2. The highest BCUT2D eigenvalue weighted by molar-refractivity contribution is 5.82. The molecule has 5 heteroatoms. The fourth-order valence-electron chi connectivity index (χ4n) is 1.82. The van der Waals surface area contributed by atoms with Gasteiger partial charge < -0.3 is 4.74 Å². The standard InChI is InChI=1S/C16H24N2O3/c1-11(2)5-6-15(19)17-18-16(20)10-21-14-8-12(3)7-13(4)9-14/h7-9,11H,5-6,10H2,1-4H3,(H,17,19)(H,18,20). The second-order valence-corrected chi connectivity index (χ2v) is 5.64. The highest BCUT2D eigenvalue weighted by atomic mass is 16.5. The van der Waals surface area contributed by atoms with Gasteiger partial charge in [-0.15, -0.1) is 0 Å². The molecule has 1 aromatic carbocycles. The predicted molar refractivity (Wildman–Crippen MR) is 81.8 cm³/mol. The minimum absolute atomic E-state index is 0.132. The molecule has 0 radical (unpaired) electrons. The number of hydrogen-bond acceptors (Lipinski definition) is 3. The largest absolute Gasteiger partial charge is 0.484 e. The highest BCUT2D eigenvalue weighted by Crippen LogP contribution is 2.15. The molecule has 0 spiro atoms. The quantitative estimate of drug-likeness (QED) is 0.790. The minimum Gasteiger partial charge on any atom is -0.484 e. The van der Waals surface area contributed by atoms with Crippen LogP contribution in [0.25, 0.3) is 0 Å². The van der Waals surface area contributed by atoms with E-state index in [1.54, 1.807) is 0 Å². The van der Waals surface area contributed by atoms with E-state index in [2.05, 4.69) is 10.9 Å². The third-order valence-electron chi connectivity index (χ3n) is 2.86. The van der Waals surface area contributed by atoms with E-state index in [0.717, 1.165) is 17.5 Å². The topological polar surface area (TPSA) is 67.4 Å². The summed E-state index contributed by atoms with van der Waals surface area (Å²) in [4.78, 5) is 23.0. The molecule has 0 saturated heterocycles. The maximum atomic E-state index is 11.6. The molecule has 0 aliphatic heterocycles. The Labute approximate surface area is 126 Å². The van der Waals surface area contributed by atoms with Gasteiger partial charge in [0.1, 0.15) is 5.75 Å². The Morgan fingerprint density at radius 2 is 1.62 bits per heavy atom. The van der Waals surface area contributed by atoms with Gasteiger partial charge in [-0.25, -0.2) is 0 Å². The summed E-state index contributed by atoms with van der Waals surface area (Å²) < 4.78 is 5.40. The number of aryl methyl sites for hydroxylation is 2. The molecular formula is C16H24N2O3. The fraction of sp³-hybridized carbons (Fsp3) is 0.500. The smallest absolute Gasteiger partial charge is 0.276 e. The van der Waals surface area contributed by atoms with E-state index in [4.69, 9.17) is 4.74 Å². The van der Waals surface area contributed by atoms with Crippen molar-refractivity contribution in [2.45, 2.75) is 40.5 Å². The summed E-state index contributed by atoms with van der Waals surface area (Å²) in [6, 6.07) is 5.75. The third kappa shape index (κ3) is 7.34. The van der Waals surface area contributed by atoms with Gasteiger partial charge in [-0.2, -0.15) is 0 Å². The molecule has 2 N–H and O–H groups in total. The van der Waals surface area contributed by atoms with Crippen LogP contribution in [-0.2, 0) is 9.59 Å². The Kier molecular flexibility index (Phi) is 6.72. The Bertz CT molecular complexity index is 478. The van der Waals surface area contributed by atoms with E-state index in [0.29, 0.717) is 18.1 Å². The van der Waals surface area contributed by atoms with Crippen LogP contribution in [0.3, 0.4) is 0 Å². The van der Waals surface area contributed by atoms with Gasteiger partial charge in [0.05, 0.1) is 0 Å². The van der Waals surface area contributed by atoms with Crippen LogP contribution in [0.15, 0.2) is 18.2 Å². The van der Waals surface area contributed by atoms with E-state index >= 15 is 0 Å². The van der Waals surface area contributed by atoms with Crippen molar-refractivity contribution >= 4 is 11.8 Å². The summed E-state index contributed by atoms with van der Waals surface area (Å²) in [7, 11) is 0. The van der Waals surface area contributed by atoms with Crippen LogP contribution in [0.2, 0.25) is 0 Å². The molecule has 0 fully saturated rings. The summed E-state index contributed by atoms with van der Waals surface area (Å²) in [5.74, 6) is 0.531. The second kappa shape index (κ2) is 8.29. The zero-order chi connectivity index (χ0) is 15.8. The molecular weight excluding hydrogens is 268 g/mol. The summed E-state index contributed by atoms with van der Waals surface area (Å²) in [5.41, 5.74) is 6.87. The maximum absolute atomic E-state index is 11.6. The third-order valence-corrected chi connectivity index (χ3v) is 2.86. The van der Waals surface area contributed by atoms with Crippen molar-refractivity contribution in [1.82, 2.24) is 10.9 Å². The monoisotopic (exact) mass is 292 g/mol. The van der Waals surface area contributed by atoms with Gasteiger partial charge in [0.2, 0.25) is 5.91 Å². The molecule has 0 saturated carbocycles. The normalized spacial score (nSPS) is 10.3. The molecule has 116 valence electrons. The molecule has 1 rings (SSSR count). The predicted octanol–water partition coefficient (Wildman–Crippen LogP) is 2.27. The molecule has 1 aromatic rings. The zero-order valence-corrected chi connectivity index (χ0v) is 13.2. The molecule has 0 atom stereocenters. The summed E-state index contributed by atoms with van der Waals surface area (Å²) in [6.07, 6.45) is 1.19. The molecule has 0 aromatic heterocycles. The van der Waals surface area contributed by atoms with Crippen molar-refractivity contribution in [3.63, 3.8) is 0 Å².